The van der Waals surface area contributed by atoms with Crippen LogP contribution < -0.4 is 0 Å². The molecule has 0 radical (unpaired) electrons. The molecular formula is C9H13N3O2. The van der Waals surface area contributed by atoms with Gasteiger partial charge in [-0.05, 0) is 26.4 Å². The van der Waals surface area contributed by atoms with Gasteiger partial charge in [-0.1, -0.05) is 5.16 Å². The van der Waals surface area contributed by atoms with Crippen molar-refractivity contribution in [3.63, 3.8) is 0 Å². The van der Waals surface area contributed by atoms with Crippen molar-refractivity contribution in [1.82, 2.24) is 15.0 Å². The highest BCUT2D eigenvalue weighted by molar-refractivity contribution is 5.52. The van der Waals surface area contributed by atoms with Crippen LogP contribution >= 0.6 is 0 Å². The number of carbonyl (C=O) groups is 1. The monoisotopic (exact) mass is 195 g/mol. The van der Waals surface area contributed by atoms with E-state index in [1.165, 1.54) is 0 Å². The van der Waals surface area contributed by atoms with E-state index in [9.17, 15) is 4.79 Å². The van der Waals surface area contributed by atoms with Crippen LogP contribution in [0.4, 0.5) is 0 Å². The second kappa shape index (κ2) is 3.88. The summed E-state index contributed by atoms with van der Waals surface area (Å²) in [6.07, 6.45) is 3.23. The zero-order valence-corrected chi connectivity index (χ0v) is 8.14. The molecule has 1 fully saturated rings. The van der Waals surface area contributed by atoms with Crippen LogP contribution in [0.25, 0.3) is 0 Å². The van der Waals surface area contributed by atoms with Gasteiger partial charge in [0, 0.05) is 0 Å². The second-order valence-electron chi connectivity index (χ2n) is 3.56. The molecule has 1 aromatic heterocycles. The number of rotatable bonds is 3. The van der Waals surface area contributed by atoms with Crippen LogP contribution in [0, 0.1) is 0 Å². The first-order valence-corrected chi connectivity index (χ1v) is 4.77. The Bertz CT molecular complexity index is 324. The van der Waals surface area contributed by atoms with E-state index in [-0.39, 0.29) is 12.5 Å². The third-order valence-corrected chi connectivity index (χ3v) is 2.56. The van der Waals surface area contributed by atoms with E-state index in [1.54, 1.807) is 0 Å². The fraction of sp³-hybridized carbons (Fsp3) is 0.667. The maximum atomic E-state index is 10.2. The van der Waals surface area contributed by atoms with Crippen molar-refractivity contribution in [2.45, 2.75) is 25.3 Å². The van der Waals surface area contributed by atoms with Crippen LogP contribution in [0.2, 0.25) is 0 Å². The molecule has 1 saturated heterocycles. The largest absolute Gasteiger partial charge is 0.338 e. The Hall–Kier alpha value is -1.23. The molecule has 0 aromatic carbocycles. The second-order valence-corrected chi connectivity index (χ2v) is 3.56. The molecule has 0 aliphatic carbocycles. The predicted octanol–water partition coefficient (Wildman–Crippen LogP) is 0.578. The zero-order valence-electron chi connectivity index (χ0n) is 8.14. The summed E-state index contributed by atoms with van der Waals surface area (Å²) in [4.78, 5) is 16.6. The standard InChI is InChI=1S/C9H13N3O2/c1-12-5-2-3-7(12)9-10-8(4-6-13)11-14-9/h6-7H,2-5H2,1H3. The van der Waals surface area contributed by atoms with E-state index in [4.69, 9.17) is 4.52 Å². The Morgan fingerprint density at radius 3 is 3.21 bits per heavy atom. The van der Waals surface area contributed by atoms with E-state index in [0.717, 1.165) is 25.7 Å². The lowest BCUT2D eigenvalue weighted by Gasteiger charge is -2.14. The Morgan fingerprint density at radius 2 is 2.57 bits per heavy atom. The highest BCUT2D eigenvalue weighted by Gasteiger charge is 2.27. The maximum absolute atomic E-state index is 10.2. The molecule has 5 nitrogen and oxygen atoms in total. The van der Waals surface area contributed by atoms with Crippen LogP contribution in [0.3, 0.4) is 0 Å². The number of aromatic nitrogens is 2. The number of carbonyl (C=O) groups excluding carboxylic acids is 1. The average molecular weight is 195 g/mol. The molecule has 0 spiro atoms. The minimum atomic E-state index is 0.236. The summed E-state index contributed by atoms with van der Waals surface area (Å²) >= 11 is 0. The molecule has 76 valence electrons. The molecule has 5 heteroatoms. The van der Waals surface area contributed by atoms with Gasteiger partial charge in [0.1, 0.15) is 6.29 Å². The van der Waals surface area contributed by atoms with Crippen molar-refractivity contribution in [3.8, 4) is 0 Å². The number of hydrogen-bond donors (Lipinski definition) is 0. The van der Waals surface area contributed by atoms with Gasteiger partial charge >= 0.3 is 0 Å². The molecular weight excluding hydrogens is 182 g/mol. The van der Waals surface area contributed by atoms with E-state index < -0.39 is 0 Å². The molecule has 14 heavy (non-hydrogen) atoms. The van der Waals surface area contributed by atoms with Gasteiger partial charge in [-0.3, -0.25) is 4.90 Å². The lowest BCUT2D eigenvalue weighted by Crippen LogP contribution is -2.17. The molecule has 2 heterocycles. The zero-order chi connectivity index (χ0) is 9.97. The lowest BCUT2D eigenvalue weighted by molar-refractivity contribution is -0.107. The summed E-state index contributed by atoms with van der Waals surface area (Å²) in [6, 6.07) is 0.239. The van der Waals surface area contributed by atoms with Gasteiger partial charge in [-0.15, -0.1) is 0 Å². The molecule has 1 aliphatic rings. The summed E-state index contributed by atoms with van der Waals surface area (Å²) in [7, 11) is 2.04. The molecule has 0 bridgehead atoms. The van der Waals surface area contributed by atoms with Crippen LogP contribution in [-0.4, -0.2) is 34.9 Å². The fourth-order valence-corrected chi connectivity index (χ4v) is 1.78. The third kappa shape index (κ3) is 1.68. The molecule has 0 amide bonds. The molecule has 1 atom stereocenters. The van der Waals surface area contributed by atoms with E-state index in [2.05, 4.69) is 15.0 Å². The van der Waals surface area contributed by atoms with Crippen LogP contribution in [0.5, 0.6) is 0 Å². The highest BCUT2D eigenvalue weighted by Crippen LogP contribution is 2.28. The average Bonchev–Trinajstić information content (AvgIpc) is 2.74. The molecule has 0 N–H and O–H groups in total. The number of nitrogens with zero attached hydrogens (tertiary/aromatic N) is 3. The number of hydrogen-bond acceptors (Lipinski definition) is 5. The van der Waals surface area contributed by atoms with Gasteiger partial charge in [-0.25, -0.2) is 0 Å². The summed E-state index contributed by atoms with van der Waals surface area (Å²) in [5.74, 6) is 1.12. The molecule has 2 rings (SSSR count). The normalized spacial score (nSPS) is 22.8. The molecule has 1 aromatic rings. The molecule has 1 unspecified atom stereocenters. The summed E-state index contributed by atoms with van der Waals surface area (Å²) in [5.41, 5.74) is 0. The van der Waals surface area contributed by atoms with Crippen LogP contribution in [0.1, 0.15) is 30.6 Å². The smallest absolute Gasteiger partial charge is 0.244 e. The number of aldehydes is 1. The fourth-order valence-electron chi connectivity index (χ4n) is 1.78. The SMILES string of the molecule is CN1CCCC1c1nc(CC=O)no1. The predicted molar refractivity (Wildman–Crippen MR) is 48.7 cm³/mol. The molecule has 1 aliphatic heterocycles. The van der Waals surface area contributed by atoms with Gasteiger partial charge < -0.3 is 9.32 Å². The van der Waals surface area contributed by atoms with Crippen LogP contribution in [-0.2, 0) is 11.2 Å². The van der Waals surface area contributed by atoms with E-state index in [0.29, 0.717) is 11.7 Å². The number of likely N-dealkylation sites (tertiary alicyclic amines) is 1. The quantitative estimate of drug-likeness (QED) is 0.660. The van der Waals surface area contributed by atoms with Crippen molar-refractivity contribution in [1.29, 1.82) is 0 Å². The van der Waals surface area contributed by atoms with E-state index in [1.807, 2.05) is 7.05 Å². The van der Waals surface area contributed by atoms with Crippen molar-refractivity contribution in [3.05, 3.63) is 11.7 Å². The lowest BCUT2D eigenvalue weighted by atomic mass is 10.2. The van der Waals surface area contributed by atoms with Crippen molar-refractivity contribution in [2.75, 3.05) is 13.6 Å². The topological polar surface area (TPSA) is 59.2 Å². The van der Waals surface area contributed by atoms with Gasteiger partial charge in [0.05, 0.1) is 12.5 Å². The van der Waals surface area contributed by atoms with Crippen molar-refractivity contribution in [2.24, 2.45) is 0 Å². The summed E-state index contributed by atoms with van der Waals surface area (Å²) in [5, 5.41) is 3.74. The van der Waals surface area contributed by atoms with Gasteiger partial charge in [0.15, 0.2) is 5.82 Å². The Balaban J connectivity index is 2.11. The first-order valence-electron chi connectivity index (χ1n) is 4.77. The van der Waals surface area contributed by atoms with Crippen LogP contribution in [0.15, 0.2) is 4.52 Å². The summed E-state index contributed by atoms with van der Waals surface area (Å²) < 4.78 is 5.11. The maximum Gasteiger partial charge on any atom is 0.244 e. The third-order valence-electron chi connectivity index (χ3n) is 2.56. The minimum absolute atomic E-state index is 0.236. The van der Waals surface area contributed by atoms with Gasteiger partial charge in [0.2, 0.25) is 5.89 Å². The van der Waals surface area contributed by atoms with E-state index >= 15 is 0 Å². The first-order chi connectivity index (χ1) is 6.81. The van der Waals surface area contributed by atoms with Gasteiger partial charge in [0.25, 0.3) is 0 Å². The first kappa shape index (κ1) is 9.33. The Kier molecular flexibility index (Phi) is 2.58. The van der Waals surface area contributed by atoms with Crippen molar-refractivity contribution < 1.29 is 9.32 Å². The van der Waals surface area contributed by atoms with Crippen molar-refractivity contribution >= 4 is 6.29 Å². The Labute approximate surface area is 82.1 Å². The van der Waals surface area contributed by atoms with Gasteiger partial charge in [-0.2, -0.15) is 4.98 Å². The Morgan fingerprint density at radius 1 is 1.71 bits per heavy atom. The minimum Gasteiger partial charge on any atom is -0.338 e. The highest BCUT2D eigenvalue weighted by atomic mass is 16.5. The molecule has 0 saturated carbocycles. The summed E-state index contributed by atoms with van der Waals surface area (Å²) in [6.45, 7) is 1.07.